The zero-order valence-corrected chi connectivity index (χ0v) is 43.6. The molecule has 1 saturated heterocycles. The van der Waals surface area contributed by atoms with Crippen molar-refractivity contribution in [2.45, 2.75) is 142 Å². The number of phosphoric acid groups is 3. The highest BCUT2D eigenvalue weighted by Gasteiger charge is 2.49. The number of rotatable bonds is 32. The Morgan fingerprint density at radius 1 is 0.890 bits per heavy atom. The third-order valence-corrected chi connectivity index (χ3v) is 15.9. The molecule has 408 valence electrons. The van der Waals surface area contributed by atoms with Crippen molar-refractivity contribution in [1.29, 1.82) is 0 Å². The topological polar surface area (TPSA) is 412 Å². The van der Waals surface area contributed by atoms with Gasteiger partial charge in [-0.1, -0.05) is 57.4 Å². The molecule has 1 saturated carbocycles. The van der Waals surface area contributed by atoms with E-state index in [0.29, 0.717) is 6.42 Å². The average Bonchev–Trinajstić information content (AvgIpc) is 3.88. The van der Waals surface area contributed by atoms with E-state index in [4.69, 9.17) is 10.5 Å². The third kappa shape index (κ3) is 17.7. The van der Waals surface area contributed by atoms with Crippen molar-refractivity contribution < 1.29 is 90.4 Å². The number of aliphatic carboxylic acids is 1. The molecule has 7 unspecified atom stereocenters. The number of amides is 2. The van der Waals surface area contributed by atoms with Gasteiger partial charge in [0.25, 0.3) is 15.6 Å². The number of aliphatic hydroxyl groups is 2. The molecule has 2 aliphatic rings. The van der Waals surface area contributed by atoms with Gasteiger partial charge in [-0.2, -0.15) is 0 Å². The average molecular weight is 1090 g/mol. The highest BCUT2D eigenvalue weighted by atomic mass is 31.3. The van der Waals surface area contributed by atoms with Gasteiger partial charge in [-0.25, -0.2) is 19.3 Å². The van der Waals surface area contributed by atoms with Crippen LogP contribution in [-0.4, -0.2) is 109 Å². The molecule has 2 amide bonds. The van der Waals surface area contributed by atoms with Crippen LogP contribution in [0.5, 0.6) is 0 Å². The van der Waals surface area contributed by atoms with E-state index < -0.39 is 95.9 Å². The number of imidazole rings is 1. The molecule has 73 heavy (non-hydrogen) atoms. The van der Waals surface area contributed by atoms with Crippen LogP contribution in [0.2, 0.25) is 0 Å². The first-order valence-electron chi connectivity index (χ1n) is 23.7. The zero-order valence-electron chi connectivity index (χ0n) is 41.0. The van der Waals surface area contributed by atoms with Crippen molar-refractivity contribution in [3.8, 4) is 0 Å². The van der Waals surface area contributed by atoms with E-state index in [9.17, 15) is 67.8 Å². The standard InChI is InChI=1S/C44H68N7O19P3/c1-42(2,41(57)58)18-8-5-6-10-28-12-14-29(15-13-28)11-7-9-19-44(20-21-44)31(52)16-22-46-32(53)17-23-47-39(56)36(55)43(3,4)25-67-73(64,65)70-72(62,63)66-24-30-35(69-71(59,60)61)34(54)40(68-30)51-27-50-33-37(45)48-26-49-38(33)51/h12-15,26-27,30,34-36,40,54-55H,5-11,16-25H2,1-4H3,(H,46,53)(H,47,56)(H,57,58)(H,62,63)(H,64,65)(H2,45,48,49)(H2,59,60,61)/p-4. The Morgan fingerprint density at radius 3 is 2.12 bits per heavy atom. The Bertz CT molecular complexity index is 2540. The lowest BCUT2D eigenvalue weighted by Crippen LogP contribution is -2.46. The Morgan fingerprint density at radius 2 is 1.51 bits per heavy atom. The van der Waals surface area contributed by atoms with Crippen molar-refractivity contribution in [2.24, 2.45) is 16.2 Å². The molecule has 7 atom stereocenters. The lowest BCUT2D eigenvalue weighted by Gasteiger charge is -2.36. The van der Waals surface area contributed by atoms with Crippen molar-refractivity contribution >= 4 is 64.0 Å². The van der Waals surface area contributed by atoms with Gasteiger partial charge in [0, 0.05) is 36.8 Å². The number of carbonyl (C=O) groups is 4. The molecule has 5 rings (SSSR count). The summed E-state index contributed by atoms with van der Waals surface area (Å²) in [7, 11) is -17.7. The number of aliphatic hydroxyl groups excluding tert-OH is 2. The number of carboxylic acids is 1. The number of ketones is 1. The number of carbonyl (C=O) groups excluding carboxylic acids is 3. The number of hydrogen-bond acceptors (Lipinski definition) is 22. The quantitative estimate of drug-likeness (QED) is 0.0378. The van der Waals surface area contributed by atoms with Crippen LogP contribution in [0.3, 0.4) is 0 Å². The molecule has 2 fully saturated rings. The lowest BCUT2D eigenvalue weighted by molar-refractivity contribution is -0.347. The molecule has 3 heterocycles. The molecular weight excluding hydrogens is 1020 g/mol. The molecule has 2 aromatic heterocycles. The van der Waals surface area contributed by atoms with Crippen LogP contribution in [0, 0.1) is 16.2 Å². The summed E-state index contributed by atoms with van der Waals surface area (Å²) in [4.78, 5) is 110. The highest BCUT2D eigenvalue weighted by molar-refractivity contribution is 7.59. The number of anilines is 1. The van der Waals surface area contributed by atoms with E-state index in [2.05, 4.69) is 67.7 Å². The summed E-state index contributed by atoms with van der Waals surface area (Å²) in [5.74, 6) is -2.27. The zero-order chi connectivity index (χ0) is 54.0. The van der Waals surface area contributed by atoms with E-state index in [1.165, 1.54) is 25.0 Å². The Balaban J connectivity index is 0.959. The van der Waals surface area contributed by atoms with Gasteiger partial charge in [0.15, 0.2) is 17.7 Å². The van der Waals surface area contributed by atoms with Gasteiger partial charge in [-0.3, -0.25) is 32.9 Å². The third-order valence-electron chi connectivity index (χ3n) is 12.9. The van der Waals surface area contributed by atoms with Crippen molar-refractivity contribution in [3.63, 3.8) is 0 Å². The van der Waals surface area contributed by atoms with Gasteiger partial charge in [-0.05, 0) is 76.3 Å². The lowest BCUT2D eigenvalue weighted by atomic mass is 9.87. The van der Waals surface area contributed by atoms with Crippen LogP contribution in [0.15, 0.2) is 36.9 Å². The van der Waals surface area contributed by atoms with Crippen LogP contribution in [0.25, 0.3) is 11.2 Å². The number of Topliss-reactive ketones (excluding diaryl/α,β-unsaturated/α-hetero) is 1. The SMILES string of the molecule is CC(C)(CCCCCc1ccc(CCCCC2(C(=O)CCNC(=O)CCNC(=O)C(O)C(C)(C)COP(=O)([O-])OP(=O)([O-])OCC3OC(n4cnc5c(N)ncnc54)C(O)C3OP(=O)([O-])[O-])CC2)cc1)C(=O)O. The monoisotopic (exact) mass is 1090 g/mol. The number of carboxylic acid groups (broad SMARTS) is 1. The number of nitrogens with zero attached hydrogens (tertiary/aromatic N) is 4. The number of fused-ring (bicyclic) bond motifs is 1. The van der Waals surface area contributed by atoms with Gasteiger partial charge in [0.1, 0.15) is 42.0 Å². The number of unbranched alkanes of at least 4 members (excludes halogenated alkanes) is 3. The first-order chi connectivity index (χ1) is 34.0. The number of hydrogen-bond donors (Lipinski definition) is 6. The van der Waals surface area contributed by atoms with Crippen LogP contribution in [-0.2, 0) is 68.3 Å². The minimum Gasteiger partial charge on any atom is -0.790 e. The van der Waals surface area contributed by atoms with Gasteiger partial charge >= 0.3 is 5.97 Å². The highest BCUT2D eigenvalue weighted by Crippen LogP contribution is 2.57. The minimum absolute atomic E-state index is 0.0255. The van der Waals surface area contributed by atoms with E-state index in [0.717, 1.165) is 81.4 Å². The van der Waals surface area contributed by atoms with E-state index in [1.807, 2.05) is 0 Å². The maximum atomic E-state index is 13.1. The molecule has 0 bridgehead atoms. The van der Waals surface area contributed by atoms with E-state index in [-0.39, 0.29) is 54.1 Å². The number of nitrogens with one attached hydrogen (secondary N) is 2. The number of nitrogen functional groups attached to an aromatic ring is 1. The smallest absolute Gasteiger partial charge is 0.309 e. The number of ether oxygens (including phenoxy) is 1. The number of aromatic nitrogens is 4. The largest absolute Gasteiger partial charge is 0.790 e. The fourth-order valence-corrected chi connectivity index (χ4v) is 10.9. The number of nitrogens with two attached hydrogens (primary N) is 1. The van der Waals surface area contributed by atoms with Gasteiger partial charge < -0.3 is 74.1 Å². The normalized spacial score (nSPS) is 21.0. The van der Waals surface area contributed by atoms with Crippen molar-refractivity contribution in [2.75, 3.05) is 32.0 Å². The molecule has 0 spiro atoms. The summed E-state index contributed by atoms with van der Waals surface area (Å²) in [6, 6.07) is 8.53. The van der Waals surface area contributed by atoms with Gasteiger partial charge in [-0.15, -0.1) is 0 Å². The molecule has 1 aliphatic heterocycles. The summed E-state index contributed by atoms with van der Waals surface area (Å²) >= 11 is 0. The molecule has 7 N–H and O–H groups in total. The van der Waals surface area contributed by atoms with Gasteiger partial charge in [0.2, 0.25) is 11.8 Å². The fraction of sp³-hybridized carbons (Fsp3) is 0.659. The molecule has 0 radical (unpaired) electrons. The molecular formula is C44H64N7O19P3-4. The van der Waals surface area contributed by atoms with E-state index >= 15 is 0 Å². The van der Waals surface area contributed by atoms with E-state index in [1.54, 1.807) is 13.8 Å². The second-order valence-electron chi connectivity index (χ2n) is 19.7. The molecule has 26 nitrogen and oxygen atoms in total. The summed E-state index contributed by atoms with van der Waals surface area (Å²) in [6.07, 6.45) is 1.99. The molecule has 1 aromatic carbocycles. The summed E-state index contributed by atoms with van der Waals surface area (Å²) < 4.78 is 61.0. The minimum atomic E-state index is -5.94. The second kappa shape index (κ2) is 25.2. The predicted octanol–water partition coefficient (Wildman–Crippen LogP) is 1.24. The summed E-state index contributed by atoms with van der Waals surface area (Å²) in [6.45, 7) is 3.47. The second-order valence-corrected chi connectivity index (χ2v) is 23.8. The van der Waals surface area contributed by atoms with Gasteiger partial charge in [0.05, 0.1) is 32.8 Å². The maximum Gasteiger partial charge on any atom is 0.309 e. The number of aryl methyl sites for hydroxylation is 2. The Labute approximate surface area is 421 Å². The predicted molar refractivity (Wildman–Crippen MR) is 250 cm³/mol. The van der Waals surface area contributed by atoms with Crippen LogP contribution >= 0.6 is 23.5 Å². The van der Waals surface area contributed by atoms with Crippen molar-refractivity contribution in [1.82, 2.24) is 30.2 Å². The first-order valence-corrected chi connectivity index (χ1v) is 28.1. The number of phosphoric ester groups is 3. The van der Waals surface area contributed by atoms with Crippen LogP contribution in [0.1, 0.15) is 116 Å². The van der Waals surface area contributed by atoms with Crippen molar-refractivity contribution in [3.05, 3.63) is 48.0 Å². The molecule has 29 heteroatoms. The maximum absolute atomic E-state index is 13.1. The fourth-order valence-electron chi connectivity index (χ4n) is 8.16. The van der Waals surface area contributed by atoms with Crippen LogP contribution in [0.4, 0.5) is 5.82 Å². The molecule has 1 aliphatic carbocycles. The summed E-state index contributed by atoms with van der Waals surface area (Å²) in [5, 5.41) is 35.8. The summed E-state index contributed by atoms with van der Waals surface area (Å²) in [5.41, 5.74) is 5.46. The Kier molecular flexibility index (Phi) is 20.6. The number of benzene rings is 1. The Hall–Kier alpha value is -4.10. The molecule has 3 aromatic rings. The first kappa shape index (κ1) is 59.8. The van der Waals surface area contributed by atoms with Crippen LogP contribution < -0.4 is 35.9 Å².